The molecule has 0 unspecified atom stereocenters. The summed E-state index contributed by atoms with van der Waals surface area (Å²) in [5.74, 6) is -0.498. The Kier molecular flexibility index (Phi) is 3.60. The van der Waals surface area contributed by atoms with Gasteiger partial charge in [-0.25, -0.2) is 4.39 Å². The molecule has 0 aliphatic rings. The van der Waals surface area contributed by atoms with E-state index in [2.05, 4.69) is 5.10 Å². The summed E-state index contributed by atoms with van der Waals surface area (Å²) < 4.78 is 15.5. The first kappa shape index (κ1) is 12.9. The zero-order valence-electron chi connectivity index (χ0n) is 9.74. The highest BCUT2D eigenvalue weighted by atomic mass is 35.5. The number of hydrogen-bond acceptors (Lipinski definition) is 3. The zero-order valence-corrected chi connectivity index (χ0v) is 11.3. The minimum atomic E-state index is -0.498. The predicted molar refractivity (Wildman–Crippen MR) is 70.1 cm³/mol. The van der Waals surface area contributed by atoms with Crippen molar-refractivity contribution < 1.29 is 4.39 Å². The average molecular weight is 282 g/mol. The van der Waals surface area contributed by atoms with E-state index in [1.54, 1.807) is 17.8 Å². The maximum atomic E-state index is 13.9. The lowest BCUT2D eigenvalue weighted by Gasteiger charge is -2.00. The highest BCUT2D eigenvalue weighted by Gasteiger charge is 2.18. The summed E-state index contributed by atoms with van der Waals surface area (Å²) >= 11 is 7.62. The standard InChI is InChI=1S/C12H9ClFN3S/c1-17-12(18-2)10(13)11(16-17)8-4-3-7(6-15)5-9(8)14/h3-5H,1-2H3. The smallest absolute Gasteiger partial charge is 0.134 e. The van der Waals surface area contributed by atoms with Crippen LogP contribution in [-0.2, 0) is 7.05 Å². The summed E-state index contributed by atoms with van der Waals surface area (Å²) in [5, 5.41) is 14.1. The van der Waals surface area contributed by atoms with Crippen LogP contribution in [0.3, 0.4) is 0 Å². The van der Waals surface area contributed by atoms with Crippen molar-refractivity contribution in [3.63, 3.8) is 0 Å². The van der Waals surface area contributed by atoms with Gasteiger partial charge in [-0.05, 0) is 24.5 Å². The lowest BCUT2D eigenvalue weighted by Crippen LogP contribution is -1.92. The van der Waals surface area contributed by atoms with E-state index in [1.807, 2.05) is 12.3 Å². The van der Waals surface area contributed by atoms with Gasteiger partial charge in [0.25, 0.3) is 0 Å². The van der Waals surface area contributed by atoms with Crippen LogP contribution >= 0.6 is 23.4 Å². The Morgan fingerprint density at radius 1 is 1.50 bits per heavy atom. The molecular formula is C12H9ClFN3S. The molecule has 1 aromatic heterocycles. The van der Waals surface area contributed by atoms with Crippen LogP contribution in [0, 0.1) is 17.1 Å². The molecule has 0 N–H and O–H groups in total. The molecular weight excluding hydrogens is 273 g/mol. The molecule has 92 valence electrons. The van der Waals surface area contributed by atoms with Crippen molar-refractivity contribution in [1.82, 2.24) is 9.78 Å². The highest BCUT2D eigenvalue weighted by Crippen LogP contribution is 2.35. The SMILES string of the molecule is CSc1c(Cl)c(-c2ccc(C#N)cc2F)nn1C. The van der Waals surface area contributed by atoms with Crippen molar-refractivity contribution in [2.45, 2.75) is 5.03 Å². The molecule has 0 atom stereocenters. The molecule has 3 nitrogen and oxygen atoms in total. The van der Waals surface area contributed by atoms with E-state index in [1.165, 1.54) is 23.9 Å². The molecule has 0 amide bonds. The van der Waals surface area contributed by atoms with Gasteiger partial charge in [0.1, 0.15) is 21.6 Å². The van der Waals surface area contributed by atoms with Gasteiger partial charge in [0.05, 0.1) is 11.6 Å². The first-order valence-corrected chi connectivity index (χ1v) is 6.65. The Balaban J connectivity index is 2.60. The first-order chi connectivity index (χ1) is 8.58. The molecule has 0 fully saturated rings. The van der Waals surface area contributed by atoms with Crippen LogP contribution in [-0.4, -0.2) is 16.0 Å². The number of rotatable bonds is 2. The van der Waals surface area contributed by atoms with Gasteiger partial charge in [0.2, 0.25) is 0 Å². The van der Waals surface area contributed by atoms with Crippen LogP contribution in [0.4, 0.5) is 4.39 Å². The van der Waals surface area contributed by atoms with Crippen LogP contribution in [0.25, 0.3) is 11.3 Å². The molecule has 0 aliphatic carbocycles. The first-order valence-electron chi connectivity index (χ1n) is 5.05. The number of nitriles is 1. The molecule has 1 aromatic carbocycles. The molecule has 0 radical (unpaired) electrons. The van der Waals surface area contributed by atoms with E-state index in [9.17, 15) is 4.39 Å². The third-order valence-electron chi connectivity index (χ3n) is 2.49. The van der Waals surface area contributed by atoms with Crippen molar-refractivity contribution in [3.8, 4) is 17.3 Å². The Hall–Kier alpha value is -1.51. The van der Waals surface area contributed by atoms with Crippen molar-refractivity contribution >= 4 is 23.4 Å². The fourth-order valence-corrected chi connectivity index (χ4v) is 2.73. The fourth-order valence-electron chi connectivity index (χ4n) is 1.65. The Morgan fingerprint density at radius 3 is 2.72 bits per heavy atom. The summed E-state index contributed by atoms with van der Waals surface area (Å²) in [6.45, 7) is 0. The van der Waals surface area contributed by atoms with Gasteiger partial charge in [0.15, 0.2) is 0 Å². The van der Waals surface area contributed by atoms with E-state index in [0.29, 0.717) is 16.3 Å². The van der Waals surface area contributed by atoms with E-state index in [0.717, 1.165) is 5.03 Å². The monoisotopic (exact) mass is 281 g/mol. The summed E-state index contributed by atoms with van der Waals surface area (Å²) in [7, 11) is 1.75. The maximum Gasteiger partial charge on any atom is 0.134 e. The van der Waals surface area contributed by atoms with Gasteiger partial charge in [-0.1, -0.05) is 11.6 Å². The quantitative estimate of drug-likeness (QED) is 0.792. The Morgan fingerprint density at radius 2 is 2.22 bits per heavy atom. The Bertz CT molecular complexity index is 646. The fraction of sp³-hybridized carbons (Fsp3) is 0.167. The van der Waals surface area contributed by atoms with Crippen molar-refractivity contribution in [3.05, 3.63) is 34.6 Å². The van der Waals surface area contributed by atoms with Crippen LogP contribution in [0.15, 0.2) is 23.2 Å². The predicted octanol–water partition coefficient (Wildman–Crippen LogP) is 3.47. The minimum Gasteiger partial charge on any atom is -0.260 e. The molecule has 0 saturated carbocycles. The van der Waals surface area contributed by atoms with Gasteiger partial charge in [-0.15, -0.1) is 11.8 Å². The highest BCUT2D eigenvalue weighted by molar-refractivity contribution is 7.98. The zero-order chi connectivity index (χ0) is 13.3. The molecule has 6 heteroatoms. The van der Waals surface area contributed by atoms with Crippen LogP contribution in [0.5, 0.6) is 0 Å². The third kappa shape index (κ3) is 2.09. The molecule has 0 saturated heterocycles. The topological polar surface area (TPSA) is 41.6 Å². The van der Waals surface area contributed by atoms with Crippen molar-refractivity contribution in [2.75, 3.05) is 6.26 Å². The number of thioether (sulfide) groups is 1. The third-order valence-corrected chi connectivity index (χ3v) is 3.81. The summed E-state index contributed by atoms with van der Waals surface area (Å²) in [5.41, 5.74) is 0.966. The van der Waals surface area contributed by atoms with Crippen molar-refractivity contribution in [1.29, 1.82) is 5.26 Å². The molecule has 0 spiro atoms. The van der Waals surface area contributed by atoms with Gasteiger partial charge in [0, 0.05) is 12.6 Å². The van der Waals surface area contributed by atoms with E-state index in [4.69, 9.17) is 16.9 Å². The van der Waals surface area contributed by atoms with E-state index in [-0.39, 0.29) is 5.56 Å². The van der Waals surface area contributed by atoms with E-state index >= 15 is 0 Å². The van der Waals surface area contributed by atoms with Gasteiger partial charge < -0.3 is 0 Å². The van der Waals surface area contributed by atoms with Crippen LogP contribution < -0.4 is 0 Å². The number of aryl methyl sites for hydroxylation is 1. The molecule has 1 heterocycles. The number of hydrogen-bond donors (Lipinski definition) is 0. The molecule has 18 heavy (non-hydrogen) atoms. The summed E-state index contributed by atoms with van der Waals surface area (Å²) in [4.78, 5) is 0. The molecule has 0 aliphatic heterocycles. The minimum absolute atomic E-state index is 0.272. The molecule has 2 aromatic rings. The summed E-state index contributed by atoms with van der Waals surface area (Å²) in [6, 6.07) is 6.13. The number of benzene rings is 1. The summed E-state index contributed by atoms with van der Waals surface area (Å²) in [6.07, 6.45) is 1.88. The van der Waals surface area contributed by atoms with Crippen LogP contribution in [0.1, 0.15) is 5.56 Å². The maximum absolute atomic E-state index is 13.9. The average Bonchev–Trinajstić information content (AvgIpc) is 2.64. The molecule has 0 bridgehead atoms. The second kappa shape index (κ2) is 5.01. The lowest BCUT2D eigenvalue weighted by atomic mass is 10.1. The normalized spacial score (nSPS) is 10.4. The second-order valence-electron chi connectivity index (χ2n) is 3.60. The molecule has 2 rings (SSSR count). The van der Waals surface area contributed by atoms with Crippen molar-refractivity contribution in [2.24, 2.45) is 7.05 Å². The number of nitrogens with zero attached hydrogens (tertiary/aromatic N) is 3. The van der Waals surface area contributed by atoms with Crippen LogP contribution in [0.2, 0.25) is 5.02 Å². The van der Waals surface area contributed by atoms with Gasteiger partial charge in [-0.3, -0.25) is 4.68 Å². The number of aromatic nitrogens is 2. The van der Waals surface area contributed by atoms with E-state index < -0.39 is 5.82 Å². The second-order valence-corrected chi connectivity index (χ2v) is 4.77. The van der Waals surface area contributed by atoms with Gasteiger partial charge >= 0.3 is 0 Å². The largest absolute Gasteiger partial charge is 0.260 e. The Labute approximate surface area is 113 Å². The lowest BCUT2D eigenvalue weighted by molar-refractivity contribution is 0.629. The number of halogens is 2. The van der Waals surface area contributed by atoms with Gasteiger partial charge in [-0.2, -0.15) is 10.4 Å².